The molecular formula is C11H10F5NO2. The third kappa shape index (κ3) is 3.01. The molecule has 3 nitrogen and oxygen atoms in total. The van der Waals surface area contributed by atoms with Gasteiger partial charge in [0.2, 0.25) is 0 Å². The average Bonchev–Trinajstić information content (AvgIpc) is 2.33. The van der Waals surface area contributed by atoms with E-state index in [1.165, 1.54) is 6.92 Å². The zero-order valence-corrected chi connectivity index (χ0v) is 9.72. The van der Waals surface area contributed by atoms with Crippen molar-refractivity contribution in [2.24, 2.45) is 5.73 Å². The van der Waals surface area contributed by atoms with Gasteiger partial charge in [-0.3, -0.25) is 0 Å². The number of ether oxygens (including phenoxy) is 1. The molecule has 1 aromatic carbocycles. The van der Waals surface area contributed by atoms with Gasteiger partial charge in [0.15, 0.2) is 11.6 Å². The zero-order valence-electron chi connectivity index (χ0n) is 9.72. The molecule has 0 aliphatic carbocycles. The number of rotatable bonds is 4. The number of carbonyl (C=O) groups excluding carboxylic acids is 1. The van der Waals surface area contributed by atoms with E-state index in [-0.39, 0.29) is 18.7 Å². The Balaban J connectivity index is 3.15. The van der Waals surface area contributed by atoms with Gasteiger partial charge in [0, 0.05) is 11.6 Å². The number of carbonyl (C=O) groups is 1. The summed E-state index contributed by atoms with van der Waals surface area (Å²) in [6.45, 7) is 0.957. The van der Waals surface area contributed by atoms with Gasteiger partial charge in [-0.25, -0.2) is 18.0 Å². The fraction of sp³-hybridized carbons (Fsp3) is 0.364. The highest BCUT2D eigenvalue weighted by atomic mass is 19.3. The van der Waals surface area contributed by atoms with Crippen molar-refractivity contribution in [3.8, 4) is 0 Å². The van der Waals surface area contributed by atoms with Gasteiger partial charge in [-0.05, 0) is 13.0 Å². The highest BCUT2D eigenvalue weighted by molar-refractivity contribution is 5.78. The minimum Gasteiger partial charge on any atom is -0.462 e. The van der Waals surface area contributed by atoms with E-state index in [0.717, 1.165) is 0 Å². The molecular weight excluding hydrogens is 273 g/mol. The van der Waals surface area contributed by atoms with Crippen molar-refractivity contribution in [3.05, 3.63) is 35.1 Å². The molecule has 0 fully saturated rings. The molecule has 106 valence electrons. The molecule has 0 radical (unpaired) electrons. The smallest absolute Gasteiger partial charge is 0.379 e. The Hall–Kier alpha value is -1.70. The average molecular weight is 283 g/mol. The molecule has 19 heavy (non-hydrogen) atoms. The number of nitrogens with two attached hydrogens (primary N) is 1. The predicted octanol–water partition coefficient (Wildman–Crippen LogP) is 2.30. The van der Waals surface area contributed by atoms with Crippen LogP contribution in [0.3, 0.4) is 0 Å². The van der Waals surface area contributed by atoms with Crippen LogP contribution in [0.5, 0.6) is 0 Å². The lowest BCUT2D eigenvalue weighted by Gasteiger charge is -2.22. The summed E-state index contributed by atoms with van der Waals surface area (Å²) in [6.07, 6.45) is 0. The summed E-state index contributed by atoms with van der Waals surface area (Å²) in [4.78, 5) is 11.0. The van der Waals surface area contributed by atoms with Gasteiger partial charge in [-0.1, -0.05) is 0 Å². The van der Waals surface area contributed by atoms with Crippen LogP contribution in [0.4, 0.5) is 22.0 Å². The summed E-state index contributed by atoms with van der Waals surface area (Å²) < 4.78 is 70.0. The van der Waals surface area contributed by atoms with Crippen molar-refractivity contribution in [1.82, 2.24) is 0 Å². The molecule has 2 N–H and O–H groups in total. The third-order valence-corrected chi connectivity index (χ3v) is 2.31. The molecule has 0 heterocycles. The van der Waals surface area contributed by atoms with Gasteiger partial charge >= 0.3 is 11.9 Å². The lowest BCUT2D eigenvalue weighted by Crippen LogP contribution is -2.42. The molecule has 1 rings (SSSR count). The van der Waals surface area contributed by atoms with Crippen molar-refractivity contribution in [2.75, 3.05) is 6.61 Å². The van der Waals surface area contributed by atoms with Crippen LogP contribution in [0.1, 0.15) is 18.5 Å². The first-order valence-electron chi connectivity index (χ1n) is 5.16. The molecule has 0 aliphatic rings. The first-order chi connectivity index (χ1) is 8.71. The highest BCUT2D eigenvalue weighted by Gasteiger charge is 2.48. The molecule has 0 amide bonds. The first kappa shape index (κ1) is 15.4. The van der Waals surface area contributed by atoms with Gasteiger partial charge in [-0.2, -0.15) is 8.78 Å². The van der Waals surface area contributed by atoms with E-state index < -0.39 is 40.9 Å². The third-order valence-electron chi connectivity index (χ3n) is 2.31. The van der Waals surface area contributed by atoms with Crippen LogP contribution in [0, 0.1) is 17.5 Å². The Morgan fingerprint density at radius 1 is 1.26 bits per heavy atom. The van der Waals surface area contributed by atoms with E-state index >= 15 is 0 Å². The second kappa shape index (κ2) is 5.52. The Kier molecular flexibility index (Phi) is 4.46. The van der Waals surface area contributed by atoms with Crippen molar-refractivity contribution in [3.63, 3.8) is 0 Å². The first-order valence-corrected chi connectivity index (χ1v) is 5.16. The van der Waals surface area contributed by atoms with Crippen LogP contribution >= 0.6 is 0 Å². The summed E-state index contributed by atoms with van der Waals surface area (Å²) in [5.41, 5.74) is 4.03. The lowest BCUT2D eigenvalue weighted by molar-refractivity contribution is -0.174. The minimum atomic E-state index is -4.26. The fourth-order valence-electron chi connectivity index (χ4n) is 1.33. The normalized spacial score (nSPS) is 13.2. The standard InChI is InChI=1S/C11H10F5NO2/c1-2-19-10(18)11(15,16)9(17)5-3-7(13)8(14)4-6(5)12/h3-4,9H,2,17H2,1H3/t9-/m1/s1. The summed E-state index contributed by atoms with van der Waals surface area (Å²) in [7, 11) is 0. The summed E-state index contributed by atoms with van der Waals surface area (Å²) in [5, 5.41) is 0. The highest BCUT2D eigenvalue weighted by Crippen LogP contribution is 2.32. The van der Waals surface area contributed by atoms with Crippen molar-refractivity contribution in [2.45, 2.75) is 18.9 Å². The summed E-state index contributed by atoms with van der Waals surface area (Å²) in [5.74, 6) is -10.8. The van der Waals surface area contributed by atoms with Crippen LogP contribution in [0.2, 0.25) is 0 Å². The zero-order chi connectivity index (χ0) is 14.8. The largest absolute Gasteiger partial charge is 0.462 e. The Morgan fingerprint density at radius 3 is 2.32 bits per heavy atom. The second-order valence-electron chi connectivity index (χ2n) is 3.61. The molecule has 0 unspecified atom stereocenters. The van der Waals surface area contributed by atoms with Gasteiger partial charge < -0.3 is 10.5 Å². The topological polar surface area (TPSA) is 52.3 Å². The van der Waals surface area contributed by atoms with E-state index in [4.69, 9.17) is 5.73 Å². The number of halogens is 5. The molecule has 1 aromatic rings. The summed E-state index contributed by atoms with van der Waals surface area (Å²) in [6, 6.07) is -2.23. The number of hydrogen-bond donors (Lipinski definition) is 1. The SMILES string of the molecule is CCOC(=O)C(F)(F)[C@H](N)c1cc(F)c(F)cc1F. The van der Waals surface area contributed by atoms with Crippen molar-refractivity contribution in [1.29, 1.82) is 0 Å². The van der Waals surface area contributed by atoms with Crippen molar-refractivity contribution < 1.29 is 31.5 Å². The Morgan fingerprint density at radius 2 is 1.79 bits per heavy atom. The molecule has 0 saturated carbocycles. The lowest BCUT2D eigenvalue weighted by atomic mass is 10.0. The molecule has 0 aliphatic heterocycles. The molecule has 0 spiro atoms. The molecule has 8 heteroatoms. The quantitative estimate of drug-likeness (QED) is 0.524. The van der Waals surface area contributed by atoms with E-state index in [2.05, 4.69) is 4.74 Å². The number of hydrogen-bond acceptors (Lipinski definition) is 3. The molecule has 0 saturated heterocycles. The van der Waals surface area contributed by atoms with E-state index in [1.807, 2.05) is 0 Å². The maximum Gasteiger partial charge on any atom is 0.379 e. The summed E-state index contributed by atoms with van der Waals surface area (Å²) >= 11 is 0. The monoisotopic (exact) mass is 283 g/mol. The second-order valence-corrected chi connectivity index (χ2v) is 3.61. The van der Waals surface area contributed by atoms with Gasteiger partial charge in [0.25, 0.3) is 0 Å². The van der Waals surface area contributed by atoms with Crippen LogP contribution < -0.4 is 5.73 Å². The van der Waals surface area contributed by atoms with Crippen LogP contribution in [0.15, 0.2) is 12.1 Å². The maximum absolute atomic E-state index is 13.5. The fourth-order valence-corrected chi connectivity index (χ4v) is 1.33. The maximum atomic E-state index is 13.5. The molecule has 0 bridgehead atoms. The van der Waals surface area contributed by atoms with Crippen LogP contribution in [-0.4, -0.2) is 18.5 Å². The van der Waals surface area contributed by atoms with Crippen molar-refractivity contribution >= 4 is 5.97 Å². The number of alkyl halides is 2. The Labute approximate surface area is 105 Å². The minimum absolute atomic E-state index is 0.0752. The van der Waals surface area contributed by atoms with Crippen LogP contribution in [0.25, 0.3) is 0 Å². The van der Waals surface area contributed by atoms with E-state index in [9.17, 15) is 26.7 Å². The molecule has 1 atom stereocenters. The number of esters is 1. The van der Waals surface area contributed by atoms with Gasteiger partial charge in [0.05, 0.1) is 6.61 Å². The van der Waals surface area contributed by atoms with E-state index in [1.54, 1.807) is 0 Å². The molecule has 0 aromatic heterocycles. The van der Waals surface area contributed by atoms with Crippen LogP contribution in [-0.2, 0) is 9.53 Å². The van der Waals surface area contributed by atoms with Gasteiger partial charge in [0.1, 0.15) is 11.9 Å². The number of benzene rings is 1. The van der Waals surface area contributed by atoms with Gasteiger partial charge in [-0.15, -0.1) is 0 Å². The van der Waals surface area contributed by atoms with E-state index in [0.29, 0.717) is 0 Å². The predicted molar refractivity (Wildman–Crippen MR) is 54.8 cm³/mol. The Bertz CT molecular complexity index is 492.